The van der Waals surface area contributed by atoms with Crippen molar-refractivity contribution in [3.05, 3.63) is 12.2 Å². The maximum absolute atomic E-state index is 10.9. The summed E-state index contributed by atoms with van der Waals surface area (Å²) in [4.78, 5) is 21.3. The fraction of sp³-hybridized carbons (Fsp3) is 0.500. The monoisotopic (exact) mass is 171 g/mol. The van der Waals surface area contributed by atoms with Crippen LogP contribution in [0.2, 0.25) is 0 Å². The van der Waals surface area contributed by atoms with E-state index >= 15 is 0 Å². The van der Waals surface area contributed by atoms with Crippen molar-refractivity contribution in [2.75, 3.05) is 0 Å². The van der Waals surface area contributed by atoms with Crippen molar-refractivity contribution in [1.82, 2.24) is 5.32 Å². The zero-order valence-electron chi connectivity index (χ0n) is 7.20. The first-order valence-corrected chi connectivity index (χ1v) is 3.77. The Balaban J connectivity index is 4.03. The average Bonchev–Trinajstić information content (AvgIpc) is 2.00. The second-order valence-electron chi connectivity index (χ2n) is 2.31. The number of carbonyl (C=O) groups is 2. The third kappa shape index (κ3) is 3.75. The molecule has 0 heterocycles. The number of carbonyl (C=O) groups excluding carboxylic acids is 1. The number of hydrogen-bond donors (Lipinski definition) is 2. The standard InChI is InChI=1S/C8H13NO3/c1-3-5-7(10)9-6(4-2)8(11)12/h3,5-6H,4H2,1-2H3,(H,9,10)(H,11,12)/b5-3+. The normalized spacial score (nSPS) is 12.8. The van der Waals surface area contributed by atoms with E-state index in [1.54, 1.807) is 19.9 Å². The Morgan fingerprint density at radius 1 is 1.58 bits per heavy atom. The molecule has 0 radical (unpaired) electrons. The lowest BCUT2D eigenvalue weighted by molar-refractivity contribution is -0.141. The first kappa shape index (κ1) is 10.7. The molecule has 0 rings (SSSR count). The zero-order valence-corrected chi connectivity index (χ0v) is 7.20. The second kappa shape index (κ2) is 5.35. The van der Waals surface area contributed by atoms with Gasteiger partial charge in [0, 0.05) is 0 Å². The highest BCUT2D eigenvalue weighted by Gasteiger charge is 2.15. The van der Waals surface area contributed by atoms with Crippen LogP contribution in [-0.4, -0.2) is 23.0 Å². The molecule has 0 bridgehead atoms. The molecule has 0 aromatic carbocycles. The first-order valence-electron chi connectivity index (χ1n) is 3.77. The Labute approximate surface area is 71.3 Å². The first-order chi connectivity index (χ1) is 5.61. The Morgan fingerprint density at radius 2 is 2.17 bits per heavy atom. The summed E-state index contributed by atoms with van der Waals surface area (Å²) < 4.78 is 0. The van der Waals surface area contributed by atoms with Gasteiger partial charge in [0.25, 0.3) is 0 Å². The number of aliphatic carboxylic acids is 1. The molecule has 0 saturated heterocycles. The number of amides is 1. The lowest BCUT2D eigenvalue weighted by atomic mass is 10.2. The van der Waals surface area contributed by atoms with E-state index in [2.05, 4.69) is 5.32 Å². The summed E-state index contributed by atoms with van der Waals surface area (Å²) in [5, 5.41) is 10.9. The molecule has 1 atom stereocenters. The van der Waals surface area contributed by atoms with Crippen LogP contribution in [0, 0.1) is 0 Å². The van der Waals surface area contributed by atoms with E-state index in [9.17, 15) is 9.59 Å². The summed E-state index contributed by atoms with van der Waals surface area (Å²) in [6, 6.07) is -0.784. The number of hydrogen-bond acceptors (Lipinski definition) is 2. The molecule has 1 amide bonds. The molecule has 68 valence electrons. The highest BCUT2D eigenvalue weighted by molar-refractivity contribution is 5.90. The van der Waals surface area contributed by atoms with Crippen LogP contribution < -0.4 is 5.32 Å². The van der Waals surface area contributed by atoms with E-state index < -0.39 is 12.0 Å². The minimum Gasteiger partial charge on any atom is -0.480 e. The molecule has 0 aromatic rings. The molecule has 0 saturated carbocycles. The number of rotatable bonds is 4. The average molecular weight is 171 g/mol. The van der Waals surface area contributed by atoms with Gasteiger partial charge in [0.15, 0.2) is 0 Å². The number of nitrogens with one attached hydrogen (secondary N) is 1. The summed E-state index contributed by atoms with van der Waals surface area (Å²) in [6.45, 7) is 3.40. The third-order valence-corrected chi connectivity index (χ3v) is 1.34. The highest BCUT2D eigenvalue weighted by atomic mass is 16.4. The summed E-state index contributed by atoms with van der Waals surface area (Å²) in [5.74, 6) is -1.37. The van der Waals surface area contributed by atoms with Gasteiger partial charge in [0.2, 0.25) is 5.91 Å². The molecule has 0 aliphatic carbocycles. The largest absolute Gasteiger partial charge is 0.480 e. The summed E-state index contributed by atoms with van der Waals surface area (Å²) in [5.41, 5.74) is 0. The SMILES string of the molecule is C/C=C/C(=O)NC(CC)C(=O)O. The third-order valence-electron chi connectivity index (χ3n) is 1.34. The van der Waals surface area contributed by atoms with E-state index in [4.69, 9.17) is 5.11 Å². The molecule has 1 unspecified atom stereocenters. The van der Waals surface area contributed by atoms with Crippen molar-refractivity contribution in [1.29, 1.82) is 0 Å². The molecule has 4 heteroatoms. The molecule has 0 aromatic heterocycles. The summed E-state index contributed by atoms with van der Waals surface area (Å²) in [6.07, 6.45) is 3.24. The maximum Gasteiger partial charge on any atom is 0.326 e. The lowest BCUT2D eigenvalue weighted by Gasteiger charge is -2.09. The van der Waals surface area contributed by atoms with E-state index in [-0.39, 0.29) is 5.91 Å². The van der Waals surface area contributed by atoms with Gasteiger partial charge < -0.3 is 10.4 Å². The Morgan fingerprint density at radius 3 is 2.50 bits per heavy atom. The van der Waals surface area contributed by atoms with Crippen LogP contribution in [0.5, 0.6) is 0 Å². The fourth-order valence-corrected chi connectivity index (χ4v) is 0.710. The van der Waals surface area contributed by atoms with Crippen molar-refractivity contribution in [3.63, 3.8) is 0 Å². The molecular formula is C8H13NO3. The summed E-state index contributed by atoms with van der Waals surface area (Å²) >= 11 is 0. The molecule has 0 aliphatic heterocycles. The highest BCUT2D eigenvalue weighted by Crippen LogP contribution is 1.90. The zero-order chi connectivity index (χ0) is 9.56. The van der Waals surface area contributed by atoms with Crippen molar-refractivity contribution in [2.45, 2.75) is 26.3 Å². The van der Waals surface area contributed by atoms with Gasteiger partial charge in [-0.25, -0.2) is 4.79 Å². The predicted octanol–water partition coefficient (Wildman–Crippen LogP) is 0.542. The van der Waals surface area contributed by atoms with Gasteiger partial charge in [-0.1, -0.05) is 13.0 Å². The lowest BCUT2D eigenvalue weighted by Crippen LogP contribution is -2.39. The molecule has 0 spiro atoms. The second-order valence-corrected chi connectivity index (χ2v) is 2.31. The van der Waals surface area contributed by atoms with E-state index in [1.165, 1.54) is 6.08 Å². The van der Waals surface area contributed by atoms with Gasteiger partial charge in [-0.15, -0.1) is 0 Å². The van der Waals surface area contributed by atoms with Gasteiger partial charge in [-0.05, 0) is 19.4 Å². The Bertz CT molecular complexity index is 198. The van der Waals surface area contributed by atoms with Crippen LogP contribution in [0.25, 0.3) is 0 Å². The topological polar surface area (TPSA) is 66.4 Å². The van der Waals surface area contributed by atoms with E-state index in [0.717, 1.165) is 0 Å². The van der Waals surface area contributed by atoms with Crippen LogP contribution in [0.3, 0.4) is 0 Å². The Hall–Kier alpha value is -1.32. The molecular weight excluding hydrogens is 158 g/mol. The van der Waals surface area contributed by atoms with Crippen LogP contribution in [0.1, 0.15) is 20.3 Å². The maximum atomic E-state index is 10.9. The number of carboxylic acids is 1. The van der Waals surface area contributed by atoms with Crippen LogP contribution >= 0.6 is 0 Å². The van der Waals surface area contributed by atoms with Crippen LogP contribution in [0.4, 0.5) is 0 Å². The molecule has 4 nitrogen and oxygen atoms in total. The molecule has 12 heavy (non-hydrogen) atoms. The fourth-order valence-electron chi connectivity index (χ4n) is 0.710. The quantitative estimate of drug-likeness (QED) is 0.607. The molecule has 0 aliphatic rings. The minimum absolute atomic E-state index is 0.369. The number of carboxylic acid groups (broad SMARTS) is 1. The number of allylic oxidation sites excluding steroid dienone is 1. The van der Waals surface area contributed by atoms with Gasteiger partial charge in [0.05, 0.1) is 0 Å². The Kier molecular flexibility index (Phi) is 4.76. The minimum atomic E-state index is -1.00. The molecule has 0 fully saturated rings. The van der Waals surface area contributed by atoms with Crippen molar-refractivity contribution in [2.24, 2.45) is 0 Å². The van der Waals surface area contributed by atoms with Gasteiger partial charge in [-0.3, -0.25) is 4.79 Å². The smallest absolute Gasteiger partial charge is 0.326 e. The van der Waals surface area contributed by atoms with Crippen molar-refractivity contribution < 1.29 is 14.7 Å². The van der Waals surface area contributed by atoms with Crippen LogP contribution in [-0.2, 0) is 9.59 Å². The van der Waals surface area contributed by atoms with Gasteiger partial charge in [0.1, 0.15) is 6.04 Å². The van der Waals surface area contributed by atoms with Gasteiger partial charge >= 0.3 is 5.97 Å². The van der Waals surface area contributed by atoms with E-state index in [1.807, 2.05) is 0 Å². The predicted molar refractivity (Wildman–Crippen MR) is 44.7 cm³/mol. The summed E-state index contributed by atoms with van der Waals surface area (Å²) in [7, 11) is 0. The van der Waals surface area contributed by atoms with Gasteiger partial charge in [-0.2, -0.15) is 0 Å². The van der Waals surface area contributed by atoms with Crippen molar-refractivity contribution >= 4 is 11.9 Å². The van der Waals surface area contributed by atoms with Crippen LogP contribution in [0.15, 0.2) is 12.2 Å². The van der Waals surface area contributed by atoms with E-state index in [0.29, 0.717) is 6.42 Å². The van der Waals surface area contributed by atoms with Crippen molar-refractivity contribution in [3.8, 4) is 0 Å². The molecule has 2 N–H and O–H groups in total.